The van der Waals surface area contributed by atoms with E-state index in [4.69, 9.17) is 9.41 Å². The van der Waals surface area contributed by atoms with Gasteiger partial charge in [-0.3, -0.25) is 14.6 Å². The Balaban J connectivity index is 2.16. The maximum Gasteiger partial charge on any atom is 0.194 e. The summed E-state index contributed by atoms with van der Waals surface area (Å²) in [5, 5.41) is 8.01. The van der Waals surface area contributed by atoms with Crippen LogP contribution in [0.5, 0.6) is 0 Å². The van der Waals surface area contributed by atoms with Gasteiger partial charge in [-0.25, -0.2) is 0 Å². The summed E-state index contributed by atoms with van der Waals surface area (Å²) >= 11 is 0. The van der Waals surface area contributed by atoms with Gasteiger partial charge < -0.3 is 14.6 Å². The number of hydrogen-bond acceptors (Lipinski definition) is 4. The molecule has 1 atom stereocenters. The predicted octanol–water partition coefficient (Wildman–Crippen LogP) is 2.84. The van der Waals surface area contributed by atoms with Crippen LogP contribution in [0.4, 0.5) is 0 Å². The summed E-state index contributed by atoms with van der Waals surface area (Å²) in [4.78, 5) is 9.15. The van der Waals surface area contributed by atoms with Crippen LogP contribution in [0.1, 0.15) is 49.7 Å². The number of nitrogens with one attached hydrogen (secondary N) is 1. The average Bonchev–Trinajstić information content (AvgIpc) is 3.23. The number of likely N-dealkylation sites (N-methyl/N-ethyl adjacent to an activating group) is 1. The van der Waals surface area contributed by atoms with Gasteiger partial charge in [0.15, 0.2) is 5.96 Å². The lowest BCUT2D eigenvalue weighted by molar-refractivity contribution is 0.264. The quantitative estimate of drug-likeness (QED) is 0.569. The van der Waals surface area contributed by atoms with Gasteiger partial charge in [-0.05, 0) is 39.1 Å². The van der Waals surface area contributed by atoms with E-state index in [0.717, 1.165) is 30.5 Å². The van der Waals surface area contributed by atoms with Gasteiger partial charge in [-0.1, -0.05) is 13.8 Å². The molecule has 2 aromatic heterocycles. The summed E-state index contributed by atoms with van der Waals surface area (Å²) < 4.78 is 7.48. The minimum absolute atomic E-state index is 0.103. The highest BCUT2D eigenvalue weighted by atomic mass is 16.3. The first kappa shape index (κ1) is 21.0. The van der Waals surface area contributed by atoms with Crippen LogP contribution in [0.15, 0.2) is 34.0 Å². The van der Waals surface area contributed by atoms with Crippen molar-refractivity contribution < 1.29 is 4.42 Å². The van der Waals surface area contributed by atoms with E-state index in [2.05, 4.69) is 54.2 Å². The topological polar surface area (TPSA) is 61.8 Å². The molecule has 1 unspecified atom stereocenters. The Morgan fingerprint density at radius 1 is 1.33 bits per heavy atom. The third-order valence-electron chi connectivity index (χ3n) is 4.50. The lowest BCUT2D eigenvalue weighted by atomic mass is 10.1. The Hall–Kier alpha value is -2.28. The van der Waals surface area contributed by atoms with Crippen molar-refractivity contribution in [3.05, 3.63) is 41.6 Å². The van der Waals surface area contributed by atoms with Crippen LogP contribution in [0.3, 0.4) is 0 Å². The van der Waals surface area contributed by atoms with Gasteiger partial charge in [0.2, 0.25) is 0 Å². The maximum absolute atomic E-state index is 5.59. The predicted molar refractivity (Wildman–Crippen MR) is 110 cm³/mol. The third kappa shape index (κ3) is 5.60. The number of aromatic nitrogens is 2. The molecule has 2 heterocycles. The Morgan fingerprint density at radius 3 is 2.63 bits per heavy atom. The minimum Gasteiger partial charge on any atom is -0.468 e. The number of aliphatic imine (C=N–C) groups is 1. The molecule has 0 aromatic carbocycles. The van der Waals surface area contributed by atoms with Gasteiger partial charge in [0.25, 0.3) is 0 Å². The summed E-state index contributed by atoms with van der Waals surface area (Å²) in [5.74, 6) is 2.21. The summed E-state index contributed by atoms with van der Waals surface area (Å²) in [5.41, 5.74) is 2.37. The lowest BCUT2D eigenvalue weighted by Crippen LogP contribution is -2.39. The van der Waals surface area contributed by atoms with Crippen molar-refractivity contribution >= 4 is 5.96 Å². The van der Waals surface area contributed by atoms with Crippen LogP contribution in [0, 0.1) is 0 Å². The summed E-state index contributed by atoms with van der Waals surface area (Å²) in [6.07, 6.45) is 3.81. The molecule has 7 nitrogen and oxygen atoms in total. The second-order valence-corrected chi connectivity index (χ2v) is 7.41. The summed E-state index contributed by atoms with van der Waals surface area (Å²) in [6, 6.07) is 4.02. The number of furan rings is 1. The molecule has 0 fully saturated rings. The van der Waals surface area contributed by atoms with E-state index in [1.165, 1.54) is 5.56 Å². The number of hydrogen-bond donors (Lipinski definition) is 1. The van der Waals surface area contributed by atoms with Gasteiger partial charge in [-0.15, -0.1) is 0 Å². The molecule has 0 amide bonds. The van der Waals surface area contributed by atoms with Crippen molar-refractivity contribution in [2.45, 2.75) is 39.3 Å². The van der Waals surface area contributed by atoms with Crippen LogP contribution >= 0.6 is 0 Å². The summed E-state index contributed by atoms with van der Waals surface area (Å²) in [6.45, 7) is 8.65. The third-order valence-corrected chi connectivity index (χ3v) is 4.50. The molecular formula is C20H34N6O. The zero-order chi connectivity index (χ0) is 20.0. The van der Waals surface area contributed by atoms with E-state index >= 15 is 0 Å². The summed E-state index contributed by atoms with van der Waals surface area (Å²) in [7, 11) is 8.13. The van der Waals surface area contributed by atoms with Crippen molar-refractivity contribution in [2.75, 3.05) is 34.2 Å². The van der Waals surface area contributed by atoms with Crippen molar-refractivity contribution in [3.8, 4) is 0 Å². The van der Waals surface area contributed by atoms with Gasteiger partial charge >= 0.3 is 0 Å². The smallest absolute Gasteiger partial charge is 0.194 e. The monoisotopic (exact) mass is 374 g/mol. The molecule has 0 radical (unpaired) electrons. The van der Waals surface area contributed by atoms with E-state index in [1.807, 2.05) is 38.0 Å². The van der Waals surface area contributed by atoms with Crippen molar-refractivity contribution in [1.29, 1.82) is 0 Å². The van der Waals surface area contributed by atoms with E-state index < -0.39 is 0 Å². The number of guanidine groups is 1. The van der Waals surface area contributed by atoms with E-state index in [0.29, 0.717) is 12.5 Å². The molecule has 0 saturated carbocycles. The average molecular weight is 375 g/mol. The fourth-order valence-corrected chi connectivity index (χ4v) is 3.12. The first-order valence-electron chi connectivity index (χ1n) is 9.55. The van der Waals surface area contributed by atoms with Gasteiger partial charge in [0.1, 0.15) is 5.76 Å². The fourth-order valence-electron chi connectivity index (χ4n) is 3.12. The normalized spacial score (nSPS) is 13.4. The molecule has 150 valence electrons. The molecule has 0 bridgehead atoms. The second kappa shape index (κ2) is 9.60. The number of nitrogens with zero attached hydrogens (tertiary/aromatic N) is 5. The highest BCUT2D eigenvalue weighted by Gasteiger charge is 2.18. The number of aryl methyl sites for hydroxylation is 1. The Labute approximate surface area is 163 Å². The second-order valence-electron chi connectivity index (χ2n) is 7.41. The van der Waals surface area contributed by atoms with Crippen molar-refractivity contribution in [3.63, 3.8) is 0 Å². The molecule has 2 aromatic rings. The van der Waals surface area contributed by atoms with Crippen molar-refractivity contribution in [2.24, 2.45) is 12.0 Å². The maximum atomic E-state index is 5.59. The molecule has 2 rings (SSSR count). The largest absolute Gasteiger partial charge is 0.468 e. The van der Waals surface area contributed by atoms with E-state index in [-0.39, 0.29) is 6.04 Å². The highest BCUT2D eigenvalue weighted by Crippen LogP contribution is 2.20. The van der Waals surface area contributed by atoms with Gasteiger partial charge in [-0.2, -0.15) is 5.10 Å². The van der Waals surface area contributed by atoms with E-state index in [9.17, 15) is 0 Å². The first-order chi connectivity index (χ1) is 12.8. The van der Waals surface area contributed by atoms with E-state index in [1.54, 1.807) is 6.26 Å². The van der Waals surface area contributed by atoms with Gasteiger partial charge in [0, 0.05) is 38.9 Å². The van der Waals surface area contributed by atoms with Gasteiger partial charge in [0.05, 0.1) is 24.5 Å². The molecule has 7 heteroatoms. The zero-order valence-electron chi connectivity index (χ0n) is 17.7. The molecule has 0 aliphatic rings. The Bertz CT molecular complexity index is 717. The van der Waals surface area contributed by atoms with Crippen molar-refractivity contribution in [1.82, 2.24) is 24.9 Å². The highest BCUT2D eigenvalue weighted by molar-refractivity contribution is 5.79. The van der Waals surface area contributed by atoms with Crippen LogP contribution < -0.4 is 5.32 Å². The molecular weight excluding hydrogens is 340 g/mol. The SMILES string of the molecule is CCNC(=NCC(c1ccco1)N(C)C)N(C)Cc1cn(C)nc1C(C)C. The first-order valence-corrected chi connectivity index (χ1v) is 9.55. The molecule has 0 aliphatic carbocycles. The van der Waals surface area contributed by atoms with Crippen LogP contribution in [-0.4, -0.2) is 59.8 Å². The zero-order valence-corrected chi connectivity index (χ0v) is 17.7. The molecule has 1 N–H and O–H groups in total. The minimum atomic E-state index is 0.103. The van der Waals surface area contributed by atoms with Crippen LogP contribution in [-0.2, 0) is 13.6 Å². The molecule has 0 saturated heterocycles. The lowest BCUT2D eigenvalue weighted by Gasteiger charge is -2.25. The fraction of sp³-hybridized carbons (Fsp3) is 0.600. The molecule has 0 aliphatic heterocycles. The Kier molecular flexibility index (Phi) is 7.47. The molecule has 27 heavy (non-hydrogen) atoms. The van der Waals surface area contributed by atoms with Crippen LogP contribution in [0.2, 0.25) is 0 Å². The number of rotatable bonds is 8. The molecule has 0 spiro atoms. The standard InChI is InChI=1S/C20H34N6O/c1-8-21-20(22-12-17(24(4)5)18-10-9-11-27-18)25(6)13-16-14-26(7)23-19(16)15(2)3/h9-11,14-15,17H,8,12-13H2,1-7H3,(H,21,22). The van der Waals surface area contributed by atoms with Crippen LogP contribution in [0.25, 0.3) is 0 Å². The Morgan fingerprint density at radius 2 is 2.07 bits per heavy atom.